The highest BCUT2D eigenvalue weighted by Crippen LogP contribution is 2.43. The fourth-order valence-electron chi connectivity index (χ4n) is 3.62. The molecule has 0 saturated heterocycles. The third-order valence-electron chi connectivity index (χ3n) is 4.92. The van der Waals surface area contributed by atoms with Crippen LogP contribution >= 0.6 is 11.3 Å². The van der Waals surface area contributed by atoms with Crippen molar-refractivity contribution < 1.29 is 0 Å². The number of hydrogen-bond acceptors (Lipinski definition) is 2. The SMILES string of the molecule is CC(C)c1cccc(C(C)C)c1N=C1c2ccccc2-c2ccsc21. The van der Waals surface area contributed by atoms with Crippen molar-refractivity contribution in [1.82, 2.24) is 0 Å². The van der Waals surface area contributed by atoms with Gasteiger partial charge in [0.05, 0.1) is 16.3 Å². The summed E-state index contributed by atoms with van der Waals surface area (Å²) in [4.78, 5) is 6.58. The summed E-state index contributed by atoms with van der Waals surface area (Å²) < 4.78 is 0. The van der Waals surface area contributed by atoms with Gasteiger partial charge in [-0.2, -0.15) is 0 Å². The number of hydrogen-bond donors (Lipinski definition) is 0. The number of nitrogens with zero attached hydrogens (tertiary/aromatic N) is 1. The molecule has 0 saturated carbocycles. The summed E-state index contributed by atoms with van der Waals surface area (Å²) in [6, 6.07) is 17.5. The van der Waals surface area contributed by atoms with Crippen molar-refractivity contribution in [2.45, 2.75) is 39.5 Å². The molecular formula is C23H23NS. The molecule has 1 nitrogen and oxygen atoms in total. The van der Waals surface area contributed by atoms with E-state index in [9.17, 15) is 0 Å². The molecule has 0 atom stereocenters. The number of fused-ring (bicyclic) bond motifs is 3. The zero-order valence-electron chi connectivity index (χ0n) is 15.2. The molecule has 0 amide bonds. The summed E-state index contributed by atoms with van der Waals surface area (Å²) in [6.45, 7) is 9.01. The van der Waals surface area contributed by atoms with E-state index >= 15 is 0 Å². The van der Waals surface area contributed by atoms with Gasteiger partial charge in [0, 0.05) is 11.1 Å². The van der Waals surface area contributed by atoms with Crippen molar-refractivity contribution in [2.24, 2.45) is 4.99 Å². The highest BCUT2D eigenvalue weighted by molar-refractivity contribution is 7.13. The molecule has 1 heterocycles. The molecule has 0 radical (unpaired) electrons. The van der Waals surface area contributed by atoms with Gasteiger partial charge in [-0.25, -0.2) is 4.99 Å². The Bertz CT molecular complexity index is 933. The molecular weight excluding hydrogens is 322 g/mol. The van der Waals surface area contributed by atoms with Crippen LogP contribution in [0.1, 0.15) is 61.1 Å². The van der Waals surface area contributed by atoms with Gasteiger partial charge < -0.3 is 0 Å². The predicted molar refractivity (Wildman–Crippen MR) is 110 cm³/mol. The van der Waals surface area contributed by atoms with Crippen molar-refractivity contribution in [2.75, 3.05) is 0 Å². The van der Waals surface area contributed by atoms with Gasteiger partial charge in [0.2, 0.25) is 0 Å². The molecule has 1 aliphatic carbocycles. The summed E-state index contributed by atoms with van der Waals surface area (Å²) >= 11 is 1.79. The number of thiophene rings is 1. The molecule has 126 valence electrons. The third kappa shape index (κ3) is 2.65. The van der Waals surface area contributed by atoms with E-state index in [-0.39, 0.29) is 0 Å². The Morgan fingerprint density at radius 2 is 1.36 bits per heavy atom. The standard InChI is InChI=1S/C23H23NS/c1-14(2)16-10-7-11-17(15(3)4)21(16)24-22-19-9-6-5-8-18(19)20-12-13-25-23(20)22/h5-15H,1-4H3. The Morgan fingerprint density at radius 3 is 2.00 bits per heavy atom. The first-order valence-electron chi connectivity index (χ1n) is 8.97. The highest BCUT2D eigenvalue weighted by atomic mass is 32.1. The van der Waals surface area contributed by atoms with Crippen LogP contribution in [0.15, 0.2) is 58.9 Å². The first kappa shape index (κ1) is 16.3. The molecule has 1 aliphatic rings. The molecule has 0 bridgehead atoms. The monoisotopic (exact) mass is 345 g/mol. The molecule has 0 N–H and O–H groups in total. The summed E-state index contributed by atoms with van der Waals surface area (Å²) in [5.41, 5.74) is 8.87. The van der Waals surface area contributed by atoms with E-state index in [1.807, 2.05) is 0 Å². The summed E-state index contributed by atoms with van der Waals surface area (Å²) in [7, 11) is 0. The van der Waals surface area contributed by atoms with Gasteiger partial charge >= 0.3 is 0 Å². The van der Waals surface area contributed by atoms with Gasteiger partial charge in [0.1, 0.15) is 0 Å². The first-order valence-corrected chi connectivity index (χ1v) is 9.85. The summed E-state index contributed by atoms with van der Waals surface area (Å²) in [5.74, 6) is 0.912. The van der Waals surface area contributed by atoms with Crippen molar-refractivity contribution in [3.8, 4) is 11.1 Å². The van der Waals surface area contributed by atoms with Gasteiger partial charge in [-0.15, -0.1) is 11.3 Å². The fourth-order valence-corrected chi connectivity index (χ4v) is 4.53. The summed E-state index contributed by atoms with van der Waals surface area (Å²) in [5, 5.41) is 2.17. The Balaban J connectivity index is 1.99. The van der Waals surface area contributed by atoms with Crippen LogP contribution in [-0.4, -0.2) is 5.71 Å². The van der Waals surface area contributed by atoms with Crippen LogP contribution in [0, 0.1) is 0 Å². The van der Waals surface area contributed by atoms with Crippen molar-refractivity contribution in [3.05, 3.63) is 75.5 Å². The molecule has 0 spiro atoms. The molecule has 2 aromatic carbocycles. The molecule has 2 heteroatoms. The maximum absolute atomic E-state index is 5.28. The lowest BCUT2D eigenvalue weighted by molar-refractivity contribution is 0.835. The Morgan fingerprint density at radius 1 is 0.720 bits per heavy atom. The Kier molecular flexibility index (Phi) is 4.09. The zero-order chi connectivity index (χ0) is 17.6. The average Bonchev–Trinajstić information content (AvgIpc) is 3.17. The van der Waals surface area contributed by atoms with E-state index in [1.165, 1.54) is 38.4 Å². The lowest BCUT2D eigenvalue weighted by Gasteiger charge is -2.17. The number of aliphatic imine (C=N–C) groups is 1. The topological polar surface area (TPSA) is 12.4 Å². The van der Waals surface area contributed by atoms with Crippen LogP contribution in [0.3, 0.4) is 0 Å². The fraction of sp³-hybridized carbons (Fsp3) is 0.261. The van der Waals surface area contributed by atoms with Gasteiger partial charge in [-0.05, 0) is 40.0 Å². The van der Waals surface area contributed by atoms with Crippen molar-refractivity contribution in [3.63, 3.8) is 0 Å². The molecule has 0 aliphatic heterocycles. The van der Waals surface area contributed by atoms with Crippen LogP contribution in [0.5, 0.6) is 0 Å². The minimum Gasteiger partial charge on any atom is -0.246 e. The van der Waals surface area contributed by atoms with Gasteiger partial charge in [-0.1, -0.05) is 70.2 Å². The maximum atomic E-state index is 5.28. The van der Waals surface area contributed by atoms with Crippen LogP contribution < -0.4 is 0 Å². The van der Waals surface area contributed by atoms with Crippen molar-refractivity contribution in [1.29, 1.82) is 0 Å². The number of benzene rings is 2. The Labute approximate surface area is 154 Å². The summed E-state index contributed by atoms with van der Waals surface area (Å²) in [6.07, 6.45) is 0. The van der Waals surface area contributed by atoms with E-state index in [2.05, 4.69) is 81.6 Å². The molecule has 0 unspecified atom stereocenters. The van der Waals surface area contributed by atoms with Crippen LogP contribution in [-0.2, 0) is 0 Å². The van der Waals surface area contributed by atoms with Crippen LogP contribution in [0.25, 0.3) is 11.1 Å². The number of para-hydroxylation sites is 1. The largest absolute Gasteiger partial charge is 0.246 e. The average molecular weight is 346 g/mol. The van der Waals surface area contributed by atoms with E-state index in [4.69, 9.17) is 4.99 Å². The second-order valence-electron chi connectivity index (χ2n) is 7.26. The highest BCUT2D eigenvalue weighted by Gasteiger charge is 2.26. The smallest absolute Gasteiger partial charge is 0.0894 e. The molecule has 3 aromatic rings. The minimum atomic E-state index is 0.456. The molecule has 1 aromatic heterocycles. The lowest BCUT2D eigenvalue weighted by Crippen LogP contribution is -2.00. The minimum absolute atomic E-state index is 0.456. The predicted octanol–water partition coefficient (Wildman–Crippen LogP) is 7.14. The molecule has 0 fully saturated rings. The van der Waals surface area contributed by atoms with E-state index in [0.717, 1.165) is 5.71 Å². The lowest BCUT2D eigenvalue weighted by atomic mass is 9.93. The number of rotatable bonds is 3. The van der Waals surface area contributed by atoms with Gasteiger partial charge in [0.25, 0.3) is 0 Å². The maximum Gasteiger partial charge on any atom is 0.0894 e. The van der Waals surface area contributed by atoms with E-state index in [0.29, 0.717) is 11.8 Å². The third-order valence-corrected chi connectivity index (χ3v) is 5.84. The van der Waals surface area contributed by atoms with E-state index < -0.39 is 0 Å². The molecule has 4 rings (SSSR count). The second kappa shape index (κ2) is 6.27. The van der Waals surface area contributed by atoms with Gasteiger partial charge in [-0.3, -0.25) is 0 Å². The molecule has 25 heavy (non-hydrogen) atoms. The quantitative estimate of drug-likeness (QED) is 0.374. The van der Waals surface area contributed by atoms with Crippen LogP contribution in [0.2, 0.25) is 0 Å². The van der Waals surface area contributed by atoms with E-state index in [1.54, 1.807) is 11.3 Å². The second-order valence-corrected chi connectivity index (χ2v) is 8.18. The first-order chi connectivity index (χ1) is 12.1. The Hall–Kier alpha value is -2.19. The van der Waals surface area contributed by atoms with Crippen molar-refractivity contribution >= 4 is 22.7 Å². The normalized spacial score (nSPS) is 14.4. The van der Waals surface area contributed by atoms with Crippen LogP contribution in [0.4, 0.5) is 5.69 Å². The van der Waals surface area contributed by atoms with Gasteiger partial charge in [0.15, 0.2) is 0 Å². The zero-order valence-corrected chi connectivity index (χ0v) is 16.0.